The fraction of sp³-hybridized carbons (Fsp3) is 0.300. The van der Waals surface area contributed by atoms with Gasteiger partial charge in [0.2, 0.25) is 0 Å². The highest BCUT2D eigenvalue weighted by atomic mass is 15.4. The van der Waals surface area contributed by atoms with E-state index in [4.69, 9.17) is 0 Å². The molecule has 0 saturated heterocycles. The predicted octanol–water partition coefficient (Wildman–Crippen LogP) is 4.29. The fourth-order valence-electron chi connectivity index (χ4n) is 3.46. The van der Waals surface area contributed by atoms with E-state index in [0.29, 0.717) is 11.1 Å². The molecule has 0 radical (unpaired) electrons. The second-order valence-corrected chi connectivity index (χ2v) is 6.40. The van der Waals surface area contributed by atoms with E-state index in [9.17, 15) is 10.5 Å². The van der Waals surface area contributed by atoms with Gasteiger partial charge in [-0.15, -0.1) is 0 Å². The Morgan fingerprint density at radius 3 is 2.25 bits per heavy atom. The van der Waals surface area contributed by atoms with E-state index in [1.165, 1.54) is 16.7 Å². The zero-order valence-electron chi connectivity index (χ0n) is 14.7. The first-order valence-corrected chi connectivity index (χ1v) is 7.97. The van der Waals surface area contributed by atoms with Gasteiger partial charge in [0.1, 0.15) is 12.2 Å². The maximum Gasteiger partial charge on any atom is 0.103 e. The summed E-state index contributed by atoms with van der Waals surface area (Å²) in [7, 11) is 2.01. The zero-order chi connectivity index (χ0) is 17.6. The summed E-state index contributed by atoms with van der Waals surface area (Å²) < 4.78 is 0. The molecular weight excluding hydrogens is 296 g/mol. The smallest absolute Gasteiger partial charge is 0.103 e. The van der Waals surface area contributed by atoms with Gasteiger partial charge < -0.3 is 9.80 Å². The summed E-state index contributed by atoms with van der Waals surface area (Å²) in [5, 5.41) is 18.9. The molecule has 0 spiro atoms. The van der Waals surface area contributed by atoms with Crippen LogP contribution in [0, 0.1) is 43.4 Å². The van der Waals surface area contributed by atoms with Gasteiger partial charge in [-0.3, -0.25) is 0 Å². The van der Waals surface area contributed by atoms with E-state index >= 15 is 0 Å². The Morgan fingerprint density at radius 1 is 0.958 bits per heavy atom. The molecule has 0 amide bonds. The maximum atomic E-state index is 9.65. The van der Waals surface area contributed by atoms with E-state index in [-0.39, 0.29) is 6.17 Å². The van der Waals surface area contributed by atoms with Crippen LogP contribution in [0.1, 0.15) is 34.7 Å². The Morgan fingerprint density at radius 2 is 1.62 bits per heavy atom. The van der Waals surface area contributed by atoms with Crippen LogP contribution in [0.3, 0.4) is 0 Å². The van der Waals surface area contributed by atoms with Crippen molar-refractivity contribution in [2.24, 2.45) is 0 Å². The van der Waals surface area contributed by atoms with Gasteiger partial charge in [0, 0.05) is 12.7 Å². The number of anilines is 3. The third-order valence-corrected chi connectivity index (χ3v) is 5.04. The van der Waals surface area contributed by atoms with Crippen molar-refractivity contribution in [3.63, 3.8) is 0 Å². The monoisotopic (exact) mass is 316 g/mol. The van der Waals surface area contributed by atoms with Crippen molar-refractivity contribution in [1.29, 1.82) is 10.5 Å². The summed E-state index contributed by atoms with van der Waals surface area (Å²) in [6, 6.07) is 12.2. The van der Waals surface area contributed by atoms with Crippen molar-refractivity contribution in [2.45, 2.75) is 33.9 Å². The molecule has 0 fully saturated rings. The summed E-state index contributed by atoms with van der Waals surface area (Å²) in [4.78, 5) is 4.35. The van der Waals surface area contributed by atoms with Crippen molar-refractivity contribution < 1.29 is 0 Å². The van der Waals surface area contributed by atoms with Gasteiger partial charge in [-0.05, 0) is 56.5 Å². The number of hydrogen-bond donors (Lipinski definition) is 0. The molecule has 24 heavy (non-hydrogen) atoms. The third-order valence-electron chi connectivity index (χ3n) is 5.04. The van der Waals surface area contributed by atoms with Crippen LogP contribution < -0.4 is 9.80 Å². The van der Waals surface area contributed by atoms with Crippen LogP contribution in [0.25, 0.3) is 0 Å². The number of hydrogen-bond acceptors (Lipinski definition) is 4. The highest BCUT2D eigenvalue weighted by Gasteiger charge is 2.35. The van der Waals surface area contributed by atoms with Crippen LogP contribution in [0.5, 0.6) is 0 Å². The lowest BCUT2D eigenvalue weighted by molar-refractivity contribution is 0.730. The summed E-state index contributed by atoms with van der Waals surface area (Å²) in [6.45, 7) is 8.45. The topological polar surface area (TPSA) is 54.1 Å². The van der Waals surface area contributed by atoms with Gasteiger partial charge in [-0.1, -0.05) is 12.1 Å². The molecule has 3 rings (SSSR count). The van der Waals surface area contributed by atoms with Crippen LogP contribution in [0.2, 0.25) is 0 Å². The first kappa shape index (κ1) is 15.9. The van der Waals surface area contributed by atoms with Crippen molar-refractivity contribution >= 4 is 17.1 Å². The summed E-state index contributed by atoms with van der Waals surface area (Å²) in [5.74, 6) is 0. The van der Waals surface area contributed by atoms with Crippen molar-refractivity contribution in [2.75, 3.05) is 16.8 Å². The van der Waals surface area contributed by atoms with Crippen molar-refractivity contribution in [3.05, 3.63) is 52.1 Å². The minimum Gasteiger partial charge on any atom is -0.352 e. The predicted molar refractivity (Wildman–Crippen MR) is 96.5 cm³/mol. The van der Waals surface area contributed by atoms with Gasteiger partial charge >= 0.3 is 0 Å². The van der Waals surface area contributed by atoms with Gasteiger partial charge in [0.25, 0.3) is 0 Å². The average Bonchev–Trinajstić information content (AvgIpc) is 2.83. The molecule has 1 heterocycles. The van der Waals surface area contributed by atoms with Gasteiger partial charge in [-0.25, -0.2) is 0 Å². The highest BCUT2D eigenvalue weighted by Crippen LogP contribution is 2.48. The molecule has 1 atom stereocenters. The number of rotatable bonds is 1. The molecule has 120 valence electrons. The molecule has 2 aromatic carbocycles. The van der Waals surface area contributed by atoms with E-state index in [1.807, 2.05) is 13.1 Å². The van der Waals surface area contributed by atoms with E-state index < -0.39 is 0 Å². The van der Waals surface area contributed by atoms with Crippen LogP contribution in [-0.4, -0.2) is 13.2 Å². The Bertz CT molecular complexity index is 915. The molecule has 1 aliphatic rings. The van der Waals surface area contributed by atoms with E-state index in [0.717, 1.165) is 17.1 Å². The normalized spacial score (nSPS) is 15.9. The highest BCUT2D eigenvalue weighted by molar-refractivity contribution is 5.90. The number of fused-ring (bicyclic) bond motifs is 1. The number of nitrogens with zero attached hydrogens (tertiary/aromatic N) is 4. The quantitative estimate of drug-likeness (QED) is 0.787. The lowest BCUT2D eigenvalue weighted by Gasteiger charge is -2.31. The molecular formula is C20H20N4. The molecule has 2 aromatic rings. The second kappa shape index (κ2) is 5.58. The molecule has 0 N–H and O–H groups in total. The Labute approximate surface area is 143 Å². The van der Waals surface area contributed by atoms with Crippen LogP contribution >= 0.6 is 0 Å². The first-order chi connectivity index (χ1) is 11.4. The molecule has 0 bridgehead atoms. The van der Waals surface area contributed by atoms with Crippen LogP contribution in [0.15, 0.2) is 24.3 Å². The largest absolute Gasteiger partial charge is 0.352 e. The minimum atomic E-state index is 0.0697. The summed E-state index contributed by atoms with van der Waals surface area (Å²) in [6.07, 6.45) is 0.0697. The molecule has 0 unspecified atom stereocenters. The zero-order valence-corrected chi connectivity index (χ0v) is 14.7. The maximum absolute atomic E-state index is 9.65. The summed E-state index contributed by atoms with van der Waals surface area (Å²) in [5.41, 5.74) is 7.65. The van der Waals surface area contributed by atoms with Gasteiger partial charge in [0.05, 0.1) is 28.6 Å². The second-order valence-electron chi connectivity index (χ2n) is 6.40. The lowest BCUT2D eigenvalue weighted by Crippen LogP contribution is -2.36. The Balaban J connectivity index is 2.34. The SMILES string of the molecule is Cc1ccc(C)c(N2c3c(C#N)cc(C#N)cc3N(C)[C@@H]2C)c1C. The molecule has 0 saturated carbocycles. The number of nitriles is 2. The van der Waals surface area contributed by atoms with Gasteiger partial charge in [-0.2, -0.15) is 10.5 Å². The Hall–Kier alpha value is -2.98. The first-order valence-electron chi connectivity index (χ1n) is 7.97. The molecule has 4 heteroatoms. The van der Waals surface area contributed by atoms with Crippen LogP contribution in [0.4, 0.5) is 17.1 Å². The van der Waals surface area contributed by atoms with Crippen molar-refractivity contribution in [1.82, 2.24) is 0 Å². The minimum absolute atomic E-state index is 0.0697. The summed E-state index contributed by atoms with van der Waals surface area (Å²) >= 11 is 0. The molecule has 0 aromatic heterocycles. The third kappa shape index (κ3) is 2.12. The lowest BCUT2D eigenvalue weighted by atomic mass is 10.0. The fourth-order valence-corrected chi connectivity index (χ4v) is 3.46. The number of aryl methyl sites for hydroxylation is 2. The Kier molecular flexibility index (Phi) is 3.70. The van der Waals surface area contributed by atoms with Gasteiger partial charge in [0.15, 0.2) is 0 Å². The van der Waals surface area contributed by atoms with E-state index in [1.54, 1.807) is 6.07 Å². The van der Waals surface area contributed by atoms with Crippen LogP contribution in [-0.2, 0) is 0 Å². The molecule has 4 nitrogen and oxygen atoms in total. The van der Waals surface area contributed by atoms with Crippen molar-refractivity contribution in [3.8, 4) is 12.1 Å². The standard InChI is InChI=1S/C20H20N4/c1-12-6-7-13(2)19(14(12)3)24-15(4)23(5)18-9-16(10-21)8-17(11-22)20(18)24/h6-9,15H,1-5H3/t15-/m0/s1. The number of benzene rings is 2. The molecule has 0 aliphatic carbocycles. The average molecular weight is 316 g/mol. The van der Waals surface area contributed by atoms with E-state index in [2.05, 4.69) is 61.8 Å². The molecule has 1 aliphatic heterocycles.